The Hall–Kier alpha value is -3.84. The molecule has 0 unspecified atom stereocenters. The lowest BCUT2D eigenvalue weighted by atomic mass is 10.1. The molecule has 1 nitrogen and oxygen atoms in total. The van der Waals surface area contributed by atoms with Crippen LogP contribution < -0.4 is 0 Å². The Morgan fingerprint density at radius 2 is 0.906 bits per heavy atom. The van der Waals surface area contributed by atoms with Gasteiger partial charge in [-0.1, -0.05) is 97.1 Å². The Balaban J connectivity index is 1.60. The Morgan fingerprint density at radius 3 is 1.31 bits per heavy atom. The molecular formula is C31H27N. The topological polar surface area (TPSA) is 4.93 Å². The number of hydrogen-bond acceptors (Lipinski definition) is 0. The lowest BCUT2D eigenvalue weighted by Gasteiger charge is -2.11. The lowest BCUT2D eigenvalue weighted by molar-refractivity contribution is 0.642. The predicted molar refractivity (Wildman–Crippen MR) is 141 cm³/mol. The van der Waals surface area contributed by atoms with Crippen molar-refractivity contribution >= 4 is 46.1 Å². The van der Waals surface area contributed by atoms with E-state index in [4.69, 9.17) is 0 Å². The van der Waals surface area contributed by atoms with Crippen LogP contribution in [0.2, 0.25) is 0 Å². The van der Waals surface area contributed by atoms with Crippen molar-refractivity contribution in [1.29, 1.82) is 0 Å². The van der Waals surface area contributed by atoms with E-state index in [1.54, 1.807) is 0 Å². The van der Waals surface area contributed by atoms with E-state index in [0.717, 1.165) is 0 Å². The van der Waals surface area contributed by atoms with Gasteiger partial charge in [0.15, 0.2) is 0 Å². The van der Waals surface area contributed by atoms with Crippen molar-refractivity contribution in [2.24, 2.45) is 0 Å². The summed E-state index contributed by atoms with van der Waals surface area (Å²) in [7, 11) is 0. The number of hydrogen-bond donors (Lipinski definition) is 0. The van der Waals surface area contributed by atoms with Crippen molar-refractivity contribution in [2.75, 3.05) is 0 Å². The summed E-state index contributed by atoms with van der Waals surface area (Å²) in [4.78, 5) is 0. The maximum absolute atomic E-state index is 2.44. The number of aromatic nitrogens is 1. The van der Waals surface area contributed by atoms with Crippen molar-refractivity contribution in [3.63, 3.8) is 0 Å². The molecule has 0 spiro atoms. The monoisotopic (exact) mass is 413 g/mol. The van der Waals surface area contributed by atoms with Gasteiger partial charge in [-0.15, -0.1) is 0 Å². The second-order valence-electron chi connectivity index (χ2n) is 8.50. The Kier molecular flexibility index (Phi) is 5.47. The van der Waals surface area contributed by atoms with Crippen molar-refractivity contribution in [1.82, 2.24) is 4.57 Å². The highest BCUT2D eigenvalue weighted by Crippen LogP contribution is 2.34. The zero-order valence-electron chi connectivity index (χ0n) is 18.6. The highest BCUT2D eigenvalue weighted by atomic mass is 15.0. The Morgan fingerprint density at radius 1 is 0.500 bits per heavy atom. The molecule has 0 aliphatic heterocycles. The minimum atomic E-state index is 0.395. The molecule has 4 aromatic carbocycles. The minimum Gasteiger partial charge on any atom is -0.338 e. The van der Waals surface area contributed by atoms with Crippen LogP contribution in [0.25, 0.3) is 46.1 Å². The van der Waals surface area contributed by atoms with Crippen molar-refractivity contribution in [3.8, 4) is 0 Å². The van der Waals surface area contributed by atoms with Gasteiger partial charge in [0.05, 0.1) is 0 Å². The molecule has 0 saturated heterocycles. The third-order valence-electron chi connectivity index (χ3n) is 5.90. The van der Waals surface area contributed by atoms with E-state index in [-0.39, 0.29) is 0 Å². The fourth-order valence-electron chi connectivity index (χ4n) is 4.37. The zero-order chi connectivity index (χ0) is 21.9. The van der Waals surface area contributed by atoms with Gasteiger partial charge in [0.2, 0.25) is 0 Å². The zero-order valence-corrected chi connectivity index (χ0v) is 18.6. The second-order valence-corrected chi connectivity index (χ2v) is 8.50. The SMILES string of the molecule is CC(C)n1c2ccc(/C=C/c3ccccc3)cc2c2cc(/C=C/c3ccccc3)ccc21. The molecule has 0 atom stereocenters. The normalized spacial score (nSPS) is 12.1. The van der Waals surface area contributed by atoms with Gasteiger partial charge in [0.25, 0.3) is 0 Å². The summed E-state index contributed by atoms with van der Waals surface area (Å²) < 4.78 is 2.44. The predicted octanol–water partition coefficient (Wildman–Crippen LogP) is 8.72. The van der Waals surface area contributed by atoms with Crippen molar-refractivity contribution in [3.05, 3.63) is 119 Å². The van der Waals surface area contributed by atoms with Crippen LogP contribution in [-0.4, -0.2) is 4.57 Å². The van der Waals surface area contributed by atoms with Crippen molar-refractivity contribution < 1.29 is 0 Å². The van der Waals surface area contributed by atoms with Gasteiger partial charge in [-0.25, -0.2) is 0 Å². The van der Waals surface area contributed by atoms with E-state index in [1.165, 1.54) is 44.1 Å². The lowest BCUT2D eigenvalue weighted by Crippen LogP contribution is -1.99. The van der Waals surface area contributed by atoms with Gasteiger partial charge in [0.1, 0.15) is 0 Å². The quantitative estimate of drug-likeness (QED) is 0.254. The van der Waals surface area contributed by atoms with Gasteiger partial charge in [-0.3, -0.25) is 0 Å². The molecule has 5 aromatic rings. The highest BCUT2D eigenvalue weighted by Gasteiger charge is 2.13. The van der Waals surface area contributed by atoms with Crippen LogP contribution >= 0.6 is 0 Å². The van der Waals surface area contributed by atoms with E-state index in [1.807, 2.05) is 12.1 Å². The third-order valence-corrected chi connectivity index (χ3v) is 5.90. The highest BCUT2D eigenvalue weighted by molar-refractivity contribution is 6.09. The van der Waals surface area contributed by atoms with E-state index in [9.17, 15) is 0 Å². The molecule has 32 heavy (non-hydrogen) atoms. The van der Waals surface area contributed by atoms with Crippen LogP contribution in [0.1, 0.15) is 42.1 Å². The van der Waals surface area contributed by atoms with Crippen LogP contribution in [0.4, 0.5) is 0 Å². The molecule has 0 fully saturated rings. The number of benzene rings is 4. The van der Waals surface area contributed by atoms with E-state index in [2.05, 4.69) is 128 Å². The van der Waals surface area contributed by atoms with Gasteiger partial charge < -0.3 is 4.57 Å². The van der Waals surface area contributed by atoms with Crippen LogP contribution in [0, 0.1) is 0 Å². The molecular weight excluding hydrogens is 386 g/mol. The maximum Gasteiger partial charge on any atom is 0.0494 e. The molecule has 156 valence electrons. The van der Waals surface area contributed by atoms with E-state index < -0.39 is 0 Å². The van der Waals surface area contributed by atoms with Gasteiger partial charge >= 0.3 is 0 Å². The first-order valence-corrected chi connectivity index (χ1v) is 11.2. The molecule has 0 radical (unpaired) electrons. The van der Waals surface area contributed by atoms with Crippen LogP contribution in [-0.2, 0) is 0 Å². The summed E-state index contributed by atoms with van der Waals surface area (Å²) in [6, 6.07) is 34.9. The van der Waals surface area contributed by atoms with Crippen molar-refractivity contribution in [2.45, 2.75) is 19.9 Å². The molecule has 0 aliphatic carbocycles. The fraction of sp³-hybridized carbons (Fsp3) is 0.0968. The fourth-order valence-corrected chi connectivity index (χ4v) is 4.37. The molecule has 1 aromatic heterocycles. The minimum absolute atomic E-state index is 0.395. The Labute approximate surface area is 190 Å². The standard InChI is InChI=1S/C31H27N/c1-23(2)32-30-19-17-26(15-13-24-9-5-3-6-10-24)21-28(30)29-22-27(18-20-31(29)32)16-14-25-11-7-4-8-12-25/h3-23H,1-2H3/b15-13+,16-14+. The molecule has 0 amide bonds. The summed E-state index contributed by atoms with van der Waals surface area (Å²) in [5.41, 5.74) is 7.44. The molecule has 5 rings (SSSR count). The number of fused-ring (bicyclic) bond motifs is 3. The average Bonchev–Trinajstić information content (AvgIpc) is 3.16. The summed E-state index contributed by atoms with van der Waals surface area (Å²) >= 11 is 0. The number of rotatable bonds is 5. The average molecular weight is 414 g/mol. The maximum atomic E-state index is 2.44. The first-order chi connectivity index (χ1) is 15.7. The first-order valence-electron chi connectivity index (χ1n) is 11.2. The van der Waals surface area contributed by atoms with E-state index >= 15 is 0 Å². The first kappa shape index (κ1) is 20.1. The molecule has 1 heterocycles. The summed E-state index contributed by atoms with van der Waals surface area (Å²) in [6.07, 6.45) is 8.76. The van der Waals surface area contributed by atoms with Crippen LogP contribution in [0.3, 0.4) is 0 Å². The Bertz CT molecular complexity index is 1310. The molecule has 1 heteroatoms. The molecule has 0 N–H and O–H groups in total. The number of nitrogens with zero attached hydrogens (tertiary/aromatic N) is 1. The molecule has 0 saturated carbocycles. The molecule has 0 aliphatic rings. The largest absolute Gasteiger partial charge is 0.338 e. The van der Waals surface area contributed by atoms with Gasteiger partial charge in [-0.2, -0.15) is 0 Å². The third kappa shape index (κ3) is 4.02. The summed E-state index contributed by atoms with van der Waals surface area (Å²) in [5, 5.41) is 2.61. The van der Waals surface area contributed by atoms with Crippen LogP contribution in [0.15, 0.2) is 97.1 Å². The van der Waals surface area contributed by atoms with E-state index in [0.29, 0.717) is 6.04 Å². The van der Waals surface area contributed by atoms with Gasteiger partial charge in [-0.05, 0) is 60.4 Å². The smallest absolute Gasteiger partial charge is 0.0494 e. The van der Waals surface area contributed by atoms with Gasteiger partial charge in [0, 0.05) is 27.8 Å². The summed E-state index contributed by atoms with van der Waals surface area (Å²) in [5.74, 6) is 0. The molecule has 0 bridgehead atoms. The second kappa shape index (κ2) is 8.72. The van der Waals surface area contributed by atoms with Crippen LogP contribution in [0.5, 0.6) is 0 Å². The summed E-state index contributed by atoms with van der Waals surface area (Å²) in [6.45, 7) is 4.51.